The Bertz CT molecular complexity index is 1400. The highest BCUT2D eigenvalue weighted by molar-refractivity contribution is 7.18. The standard InChI is InChI=1S/C25H24N4OS.2CH4/c1-17(2)8-13-21-14-22-23-26-16-27-29(23)25(30)28(24(22)31-21)15-18-9-11-20(12-10-18)19-6-4-3-5-7-19;;/h3-7,9-12,14,16-17H,8,13,15H2,1-2H3;2*1H4. The second-order valence-electron chi connectivity index (χ2n) is 8.29. The summed E-state index contributed by atoms with van der Waals surface area (Å²) in [6.45, 7) is 4.97. The van der Waals surface area contributed by atoms with E-state index in [0.29, 0.717) is 18.1 Å². The van der Waals surface area contributed by atoms with Gasteiger partial charge in [0.05, 0.1) is 11.9 Å². The maximum Gasteiger partial charge on any atom is 0.352 e. The maximum absolute atomic E-state index is 13.2. The normalized spacial score (nSPS) is 11.0. The molecule has 6 heteroatoms. The molecular weight excluding hydrogens is 428 g/mol. The average Bonchev–Trinajstić information content (AvgIpc) is 3.43. The molecule has 0 fully saturated rings. The third-order valence-corrected chi connectivity index (χ3v) is 6.80. The minimum atomic E-state index is -0.149. The number of hydrogen-bond acceptors (Lipinski definition) is 4. The minimum Gasteiger partial charge on any atom is -0.278 e. The number of nitrogens with zero attached hydrogens (tertiary/aromatic N) is 4. The fourth-order valence-corrected chi connectivity index (χ4v) is 5.03. The zero-order valence-corrected chi connectivity index (χ0v) is 18.5. The number of aryl methyl sites for hydroxylation is 1. The first-order chi connectivity index (χ1) is 15.1. The Kier molecular flexibility index (Phi) is 7.49. The van der Waals surface area contributed by atoms with Gasteiger partial charge in [-0.1, -0.05) is 83.3 Å². The molecule has 0 aliphatic rings. The zero-order valence-electron chi connectivity index (χ0n) is 17.7. The van der Waals surface area contributed by atoms with Crippen LogP contribution in [0.1, 0.15) is 45.6 Å². The largest absolute Gasteiger partial charge is 0.352 e. The first-order valence-corrected chi connectivity index (χ1v) is 11.4. The molecular formula is C27H32N4OS. The molecule has 0 saturated carbocycles. The molecule has 0 saturated heterocycles. The fourth-order valence-electron chi connectivity index (χ4n) is 3.87. The Balaban J connectivity index is 0.00000153. The van der Waals surface area contributed by atoms with Crippen LogP contribution in [0, 0.1) is 5.92 Å². The van der Waals surface area contributed by atoms with Gasteiger partial charge >= 0.3 is 5.69 Å². The van der Waals surface area contributed by atoms with Gasteiger partial charge in [0.2, 0.25) is 0 Å². The molecule has 5 aromatic rings. The molecule has 3 heterocycles. The maximum atomic E-state index is 13.2. The lowest BCUT2D eigenvalue weighted by molar-refractivity contribution is 0.590. The summed E-state index contributed by atoms with van der Waals surface area (Å²) in [6, 6.07) is 20.9. The first-order valence-electron chi connectivity index (χ1n) is 10.6. The van der Waals surface area contributed by atoms with Gasteiger partial charge in [0.15, 0.2) is 5.65 Å². The van der Waals surface area contributed by atoms with Gasteiger partial charge in [-0.2, -0.15) is 9.61 Å². The Morgan fingerprint density at radius 2 is 1.67 bits per heavy atom. The molecule has 0 atom stereocenters. The van der Waals surface area contributed by atoms with Crippen molar-refractivity contribution in [3.8, 4) is 11.1 Å². The predicted octanol–water partition coefficient (Wildman–Crippen LogP) is 6.68. The van der Waals surface area contributed by atoms with E-state index >= 15 is 0 Å². The van der Waals surface area contributed by atoms with Crippen LogP contribution in [0.3, 0.4) is 0 Å². The van der Waals surface area contributed by atoms with Crippen LogP contribution in [0.2, 0.25) is 0 Å². The van der Waals surface area contributed by atoms with Gasteiger partial charge in [-0.25, -0.2) is 9.78 Å². The topological polar surface area (TPSA) is 52.2 Å². The van der Waals surface area contributed by atoms with Gasteiger partial charge < -0.3 is 0 Å². The summed E-state index contributed by atoms with van der Waals surface area (Å²) >= 11 is 1.70. The summed E-state index contributed by atoms with van der Waals surface area (Å²) in [4.78, 5) is 19.8. The van der Waals surface area contributed by atoms with Gasteiger partial charge in [-0.15, -0.1) is 11.3 Å². The molecule has 0 unspecified atom stereocenters. The van der Waals surface area contributed by atoms with Gasteiger partial charge in [0.1, 0.15) is 11.2 Å². The molecule has 0 spiro atoms. The van der Waals surface area contributed by atoms with E-state index in [0.717, 1.165) is 28.6 Å². The van der Waals surface area contributed by atoms with Crippen molar-refractivity contribution in [1.29, 1.82) is 0 Å². The molecule has 33 heavy (non-hydrogen) atoms. The summed E-state index contributed by atoms with van der Waals surface area (Å²) < 4.78 is 3.25. The average molecular weight is 461 g/mol. The van der Waals surface area contributed by atoms with Crippen LogP contribution in [0.25, 0.3) is 27.0 Å². The highest BCUT2D eigenvalue weighted by Gasteiger charge is 2.16. The monoisotopic (exact) mass is 460 g/mol. The van der Waals surface area contributed by atoms with E-state index in [1.165, 1.54) is 26.8 Å². The lowest BCUT2D eigenvalue weighted by Crippen LogP contribution is -2.27. The van der Waals surface area contributed by atoms with Gasteiger partial charge in [-0.05, 0) is 41.5 Å². The van der Waals surface area contributed by atoms with E-state index in [-0.39, 0.29) is 20.5 Å². The molecule has 5 nitrogen and oxygen atoms in total. The number of rotatable bonds is 6. The van der Waals surface area contributed by atoms with Crippen molar-refractivity contribution in [3.05, 3.63) is 87.9 Å². The zero-order chi connectivity index (χ0) is 21.4. The van der Waals surface area contributed by atoms with Crippen molar-refractivity contribution in [1.82, 2.24) is 19.2 Å². The van der Waals surface area contributed by atoms with E-state index in [4.69, 9.17) is 0 Å². The first kappa shape index (κ1) is 24.4. The van der Waals surface area contributed by atoms with E-state index in [9.17, 15) is 4.79 Å². The van der Waals surface area contributed by atoms with E-state index in [1.807, 2.05) is 22.8 Å². The minimum absolute atomic E-state index is 0. The van der Waals surface area contributed by atoms with Crippen molar-refractivity contribution >= 4 is 27.2 Å². The Morgan fingerprint density at radius 1 is 0.970 bits per heavy atom. The van der Waals surface area contributed by atoms with Crippen molar-refractivity contribution in [3.63, 3.8) is 0 Å². The van der Waals surface area contributed by atoms with Crippen LogP contribution in [-0.2, 0) is 13.0 Å². The Labute approximate surface area is 199 Å². The molecule has 0 aliphatic heterocycles. The summed E-state index contributed by atoms with van der Waals surface area (Å²) in [5.41, 5.74) is 3.93. The number of fused-ring (bicyclic) bond motifs is 3. The van der Waals surface area contributed by atoms with Gasteiger partial charge in [0, 0.05) is 4.88 Å². The van der Waals surface area contributed by atoms with E-state index < -0.39 is 0 Å². The second kappa shape index (κ2) is 10.1. The second-order valence-corrected chi connectivity index (χ2v) is 9.41. The van der Waals surface area contributed by atoms with E-state index in [1.54, 1.807) is 11.3 Å². The van der Waals surface area contributed by atoms with Crippen LogP contribution in [0.4, 0.5) is 0 Å². The summed E-state index contributed by atoms with van der Waals surface area (Å²) in [5, 5.41) is 5.19. The van der Waals surface area contributed by atoms with E-state index in [2.05, 4.69) is 66.4 Å². The fraction of sp³-hybridized carbons (Fsp3) is 0.296. The smallest absolute Gasteiger partial charge is 0.278 e. The summed E-state index contributed by atoms with van der Waals surface area (Å²) in [5.74, 6) is 0.642. The third kappa shape index (κ3) is 4.76. The highest BCUT2D eigenvalue weighted by Crippen LogP contribution is 2.29. The molecule has 0 radical (unpaired) electrons. The molecule has 3 aromatic heterocycles. The molecule has 172 valence electrons. The summed E-state index contributed by atoms with van der Waals surface area (Å²) in [6.07, 6.45) is 3.60. The number of thiophene rings is 1. The van der Waals surface area contributed by atoms with Crippen molar-refractivity contribution in [2.24, 2.45) is 5.92 Å². The lowest BCUT2D eigenvalue weighted by atomic mass is 10.0. The number of benzene rings is 2. The van der Waals surface area contributed by atoms with Crippen molar-refractivity contribution in [2.75, 3.05) is 0 Å². The molecule has 5 rings (SSSR count). The van der Waals surface area contributed by atoms with Crippen LogP contribution in [-0.4, -0.2) is 19.2 Å². The van der Waals surface area contributed by atoms with Crippen LogP contribution >= 0.6 is 11.3 Å². The Hall–Kier alpha value is -3.25. The number of hydrogen-bond donors (Lipinski definition) is 0. The third-order valence-electron chi connectivity index (χ3n) is 5.58. The quantitative estimate of drug-likeness (QED) is 0.284. The lowest BCUT2D eigenvalue weighted by Gasteiger charge is -2.09. The number of aromatic nitrogens is 4. The van der Waals surface area contributed by atoms with Crippen LogP contribution in [0.15, 0.2) is 71.8 Å². The Morgan fingerprint density at radius 3 is 2.36 bits per heavy atom. The van der Waals surface area contributed by atoms with Gasteiger partial charge in [0.25, 0.3) is 0 Å². The van der Waals surface area contributed by atoms with Gasteiger partial charge in [-0.3, -0.25) is 4.57 Å². The molecule has 0 N–H and O–H groups in total. The summed E-state index contributed by atoms with van der Waals surface area (Å²) in [7, 11) is 0. The highest BCUT2D eigenvalue weighted by atomic mass is 32.1. The molecule has 0 bridgehead atoms. The molecule has 0 amide bonds. The van der Waals surface area contributed by atoms with Crippen molar-refractivity contribution < 1.29 is 0 Å². The van der Waals surface area contributed by atoms with Crippen LogP contribution in [0.5, 0.6) is 0 Å². The molecule has 2 aromatic carbocycles. The molecule has 0 aliphatic carbocycles. The van der Waals surface area contributed by atoms with Crippen LogP contribution < -0.4 is 5.69 Å². The predicted molar refractivity (Wildman–Crippen MR) is 140 cm³/mol. The SMILES string of the molecule is C.C.CC(C)CCc1cc2c(s1)n(Cc1ccc(-c3ccccc3)cc1)c(=O)n1ncnc21. The van der Waals surface area contributed by atoms with Crippen molar-refractivity contribution in [2.45, 2.75) is 48.1 Å².